The second-order valence-corrected chi connectivity index (χ2v) is 12.4. The van der Waals surface area contributed by atoms with E-state index in [1.54, 1.807) is 19.1 Å². The van der Waals surface area contributed by atoms with Gasteiger partial charge in [-0.25, -0.2) is 21.8 Å². The fourth-order valence-corrected chi connectivity index (χ4v) is 7.48. The molecule has 3 aromatic rings. The minimum absolute atomic E-state index is 0.0745. The number of aromatic nitrogens is 1. The highest BCUT2D eigenvalue weighted by atomic mass is 32.2. The Labute approximate surface area is 173 Å². The zero-order chi connectivity index (χ0) is 20.4. The smallest absolute Gasteiger partial charge is 0.226 e. The molecule has 0 bridgehead atoms. The van der Waals surface area contributed by atoms with Crippen molar-refractivity contribution in [2.45, 2.75) is 41.1 Å². The summed E-state index contributed by atoms with van der Waals surface area (Å²) in [6.07, 6.45) is 0.430. The fourth-order valence-electron chi connectivity index (χ4n) is 2.48. The molecule has 2 heterocycles. The number of hydrogen-bond donors (Lipinski definition) is 1. The van der Waals surface area contributed by atoms with E-state index < -0.39 is 19.7 Å². The van der Waals surface area contributed by atoms with Crippen molar-refractivity contribution in [1.82, 2.24) is 4.98 Å². The van der Waals surface area contributed by atoms with Crippen LogP contribution < -0.4 is 5.32 Å². The van der Waals surface area contributed by atoms with Gasteiger partial charge in [0.1, 0.15) is 5.00 Å². The third-order valence-corrected chi connectivity index (χ3v) is 10.00. The summed E-state index contributed by atoms with van der Waals surface area (Å²) < 4.78 is 51.0. The first-order valence-corrected chi connectivity index (χ1v) is 13.4. The number of aryl methyl sites for hydroxylation is 1. The first-order chi connectivity index (χ1) is 13.2. The number of hydrogen-bond acceptors (Lipinski definition) is 8. The van der Waals surface area contributed by atoms with Gasteiger partial charge in [-0.1, -0.05) is 42.0 Å². The highest BCUT2D eigenvalue weighted by Gasteiger charge is 2.30. The second-order valence-electron chi connectivity index (χ2n) is 6.18. The Hall–Kier alpha value is -1.75. The Morgan fingerprint density at radius 3 is 2.39 bits per heavy atom. The lowest BCUT2D eigenvalue weighted by molar-refractivity contribution is 0.589. The van der Waals surface area contributed by atoms with Crippen LogP contribution in [0.1, 0.15) is 23.8 Å². The summed E-state index contributed by atoms with van der Waals surface area (Å²) in [4.78, 5) is 5.14. The van der Waals surface area contributed by atoms with Crippen LogP contribution in [-0.2, 0) is 26.2 Å². The molecular formula is C18H20N2O4S4. The van der Waals surface area contributed by atoms with Crippen LogP contribution in [-0.4, -0.2) is 27.6 Å². The maximum atomic E-state index is 13.1. The number of thiophene rings is 1. The minimum atomic E-state index is -3.96. The molecule has 3 rings (SSSR count). The van der Waals surface area contributed by atoms with Crippen molar-refractivity contribution in [2.75, 3.05) is 11.1 Å². The summed E-state index contributed by atoms with van der Waals surface area (Å²) in [7, 11) is -7.58. The molecule has 0 aliphatic rings. The Kier molecular flexibility index (Phi) is 6.23. The first kappa shape index (κ1) is 21.0. The van der Waals surface area contributed by atoms with E-state index in [9.17, 15) is 16.8 Å². The summed E-state index contributed by atoms with van der Waals surface area (Å²) in [5, 5.41) is 4.98. The normalized spacial score (nSPS) is 12.2. The van der Waals surface area contributed by atoms with E-state index in [1.807, 2.05) is 24.4 Å². The molecule has 0 fully saturated rings. The largest absolute Gasteiger partial charge is 0.370 e. The van der Waals surface area contributed by atoms with Crippen LogP contribution in [0.25, 0.3) is 0 Å². The number of rotatable bonds is 8. The van der Waals surface area contributed by atoms with Gasteiger partial charge in [-0.2, -0.15) is 0 Å². The quantitative estimate of drug-likeness (QED) is 0.547. The van der Waals surface area contributed by atoms with Crippen molar-refractivity contribution in [1.29, 1.82) is 0 Å². The number of anilines is 1. The molecule has 0 unspecified atom stereocenters. The predicted molar refractivity (Wildman–Crippen MR) is 113 cm³/mol. The van der Waals surface area contributed by atoms with Crippen molar-refractivity contribution in [3.05, 3.63) is 52.2 Å². The average molecular weight is 457 g/mol. The summed E-state index contributed by atoms with van der Waals surface area (Å²) in [5.74, 6) is -0.0745. The van der Waals surface area contributed by atoms with E-state index in [1.165, 1.54) is 23.5 Å². The third-order valence-electron chi connectivity index (χ3n) is 3.90. The molecule has 0 amide bonds. The first-order valence-electron chi connectivity index (χ1n) is 8.55. The maximum Gasteiger partial charge on any atom is 0.226 e. The van der Waals surface area contributed by atoms with Gasteiger partial charge < -0.3 is 5.32 Å². The summed E-state index contributed by atoms with van der Waals surface area (Å²) in [6, 6.07) is 10.2. The lowest BCUT2D eigenvalue weighted by atomic mass is 10.2. The number of nitrogens with one attached hydrogen (secondary N) is 1. The zero-order valence-corrected chi connectivity index (χ0v) is 18.6. The average Bonchev–Trinajstić information content (AvgIpc) is 3.30. The number of benzene rings is 1. The van der Waals surface area contributed by atoms with E-state index in [-0.39, 0.29) is 25.0 Å². The van der Waals surface area contributed by atoms with Gasteiger partial charge in [-0.3, -0.25) is 0 Å². The van der Waals surface area contributed by atoms with Gasteiger partial charge in [0.05, 0.1) is 17.2 Å². The summed E-state index contributed by atoms with van der Waals surface area (Å²) in [5.41, 5.74) is 0.930. The van der Waals surface area contributed by atoms with Crippen LogP contribution in [0.2, 0.25) is 0 Å². The third kappa shape index (κ3) is 4.45. The molecule has 2 aromatic heterocycles. The van der Waals surface area contributed by atoms with Crippen LogP contribution in [0, 0.1) is 6.92 Å². The SMILES string of the molecule is CCCS(=O)(=O)c1nc(S(=O)(=O)c2ccc(C)cc2)c(NCc2cccs2)s1. The van der Waals surface area contributed by atoms with E-state index >= 15 is 0 Å². The molecule has 0 radical (unpaired) electrons. The molecule has 0 saturated carbocycles. The van der Waals surface area contributed by atoms with Crippen LogP contribution in [0.5, 0.6) is 0 Å². The summed E-state index contributed by atoms with van der Waals surface area (Å²) >= 11 is 2.40. The molecule has 0 spiro atoms. The Bertz CT molecular complexity index is 1150. The Balaban J connectivity index is 2.06. The number of sulfone groups is 2. The highest BCUT2D eigenvalue weighted by Crippen LogP contribution is 2.35. The minimum Gasteiger partial charge on any atom is -0.370 e. The van der Waals surface area contributed by atoms with Crippen LogP contribution in [0.4, 0.5) is 5.00 Å². The standard InChI is InChI=1S/C18H20N2O4S4/c1-3-11-27(21,22)18-20-17(16(26-18)19-12-14-5-4-10-25-14)28(23,24)15-8-6-13(2)7-9-15/h4-10,19H,3,11-12H2,1-2H3. The van der Waals surface area contributed by atoms with Crippen molar-refractivity contribution >= 4 is 47.3 Å². The topological polar surface area (TPSA) is 93.2 Å². The monoisotopic (exact) mass is 456 g/mol. The maximum absolute atomic E-state index is 13.1. The molecule has 0 aliphatic carbocycles. The van der Waals surface area contributed by atoms with E-state index in [4.69, 9.17) is 0 Å². The molecule has 0 atom stereocenters. The second kappa shape index (κ2) is 8.32. The van der Waals surface area contributed by atoms with Crippen molar-refractivity contribution in [2.24, 2.45) is 0 Å². The molecule has 0 saturated heterocycles. The lowest BCUT2D eigenvalue weighted by Crippen LogP contribution is -2.08. The molecule has 150 valence electrons. The van der Waals surface area contributed by atoms with Crippen LogP contribution in [0.15, 0.2) is 56.0 Å². The predicted octanol–water partition coefficient (Wildman–Crippen LogP) is 4.14. The van der Waals surface area contributed by atoms with Crippen molar-refractivity contribution in [3.63, 3.8) is 0 Å². The van der Waals surface area contributed by atoms with Gasteiger partial charge >= 0.3 is 0 Å². The zero-order valence-electron chi connectivity index (χ0n) is 15.4. The molecule has 28 heavy (non-hydrogen) atoms. The van der Waals surface area contributed by atoms with Gasteiger partial charge in [0.2, 0.25) is 24.0 Å². The fraction of sp³-hybridized carbons (Fsp3) is 0.278. The molecule has 0 aliphatic heterocycles. The molecule has 6 nitrogen and oxygen atoms in total. The lowest BCUT2D eigenvalue weighted by Gasteiger charge is -2.06. The van der Waals surface area contributed by atoms with E-state index in [0.29, 0.717) is 13.0 Å². The van der Waals surface area contributed by atoms with Gasteiger partial charge in [-0.05, 0) is 36.9 Å². The Morgan fingerprint density at radius 2 is 1.79 bits per heavy atom. The molecule has 10 heteroatoms. The van der Waals surface area contributed by atoms with Gasteiger partial charge in [-0.15, -0.1) is 11.3 Å². The highest BCUT2D eigenvalue weighted by molar-refractivity contribution is 7.94. The molecular weight excluding hydrogens is 436 g/mol. The van der Waals surface area contributed by atoms with Gasteiger partial charge in [0, 0.05) is 4.88 Å². The number of thiazole rings is 1. The van der Waals surface area contributed by atoms with E-state index in [2.05, 4.69) is 10.3 Å². The van der Waals surface area contributed by atoms with E-state index in [0.717, 1.165) is 21.8 Å². The number of nitrogens with zero attached hydrogens (tertiary/aromatic N) is 1. The van der Waals surface area contributed by atoms with Crippen LogP contribution >= 0.6 is 22.7 Å². The summed E-state index contributed by atoms with van der Waals surface area (Å²) in [6.45, 7) is 4.01. The van der Waals surface area contributed by atoms with Gasteiger partial charge in [0.25, 0.3) is 0 Å². The van der Waals surface area contributed by atoms with Crippen LogP contribution in [0.3, 0.4) is 0 Å². The molecule has 1 aromatic carbocycles. The van der Waals surface area contributed by atoms with Gasteiger partial charge in [0.15, 0.2) is 5.03 Å². The van der Waals surface area contributed by atoms with Crippen molar-refractivity contribution < 1.29 is 16.8 Å². The van der Waals surface area contributed by atoms with Crippen molar-refractivity contribution in [3.8, 4) is 0 Å². The Morgan fingerprint density at radius 1 is 1.07 bits per heavy atom. The molecule has 1 N–H and O–H groups in total.